The molecule has 1 aromatic heterocycles. The summed E-state index contributed by atoms with van der Waals surface area (Å²) in [6, 6.07) is 3.02. The SMILES string of the molecule is CCc1nc(NC(=O)c2cc(Cl)c(N)cc2OC)sc1C. The van der Waals surface area contributed by atoms with Crippen molar-refractivity contribution in [1.82, 2.24) is 4.98 Å². The number of amides is 1. The fourth-order valence-electron chi connectivity index (χ4n) is 1.89. The highest BCUT2D eigenvalue weighted by atomic mass is 35.5. The lowest BCUT2D eigenvalue weighted by atomic mass is 10.1. The van der Waals surface area contributed by atoms with Gasteiger partial charge in [0.1, 0.15) is 5.75 Å². The summed E-state index contributed by atoms with van der Waals surface area (Å²) in [7, 11) is 1.47. The molecule has 0 bridgehead atoms. The summed E-state index contributed by atoms with van der Waals surface area (Å²) in [6.07, 6.45) is 0.829. The minimum Gasteiger partial charge on any atom is -0.496 e. The lowest BCUT2D eigenvalue weighted by molar-refractivity contribution is 0.102. The van der Waals surface area contributed by atoms with E-state index in [1.54, 1.807) is 0 Å². The fourth-order valence-corrected chi connectivity index (χ4v) is 2.95. The average Bonchev–Trinajstić information content (AvgIpc) is 2.81. The molecule has 2 aromatic rings. The van der Waals surface area contributed by atoms with E-state index in [0.29, 0.717) is 27.2 Å². The number of hydrogen-bond acceptors (Lipinski definition) is 5. The van der Waals surface area contributed by atoms with E-state index in [-0.39, 0.29) is 5.91 Å². The molecule has 0 saturated carbocycles. The molecule has 0 aliphatic carbocycles. The molecule has 0 radical (unpaired) electrons. The summed E-state index contributed by atoms with van der Waals surface area (Å²) < 4.78 is 5.17. The molecule has 0 aliphatic heterocycles. The minimum absolute atomic E-state index is 0.311. The first kappa shape index (κ1) is 15.6. The maximum atomic E-state index is 12.3. The van der Waals surface area contributed by atoms with Crippen molar-refractivity contribution in [2.45, 2.75) is 20.3 Å². The predicted molar refractivity (Wildman–Crippen MR) is 86.6 cm³/mol. The van der Waals surface area contributed by atoms with Crippen LogP contribution in [0.4, 0.5) is 10.8 Å². The lowest BCUT2D eigenvalue weighted by Crippen LogP contribution is -2.13. The van der Waals surface area contributed by atoms with E-state index >= 15 is 0 Å². The molecule has 0 atom stereocenters. The number of nitrogens with zero attached hydrogens (tertiary/aromatic N) is 1. The van der Waals surface area contributed by atoms with Crippen LogP contribution in [-0.2, 0) is 6.42 Å². The van der Waals surface area contributed by atoms with Crippen LogP contribution in [0.2, 0.25) is 5.02 Å². The van der Waals surface area contributed by atoms with Crippen LogP contribution >= 0.6 is 22.9 Å². The summed E-state index contributed by atoms with van der Waals surface area (Å²) >= 11 is 7.41. The van der Waals surface area contributed by atoms with Gasteiger partial charge in [0.05, 0.1) is 29.1 Å². The number of hydrogen-bond donors (Lipinski definition) is 2. The number of carbonyl (C=O) groups excluding carboxylic acids is 1. The number of anilines is 2. The first-order valence-electron chi connectivity index (χ1n) is 6.36. The Kier molecular flexibility index (Phi) is 4.69. The third-order valence-corrected chi connectivity index (χ3v) is 4.27. The molecule has 1 amide bonds. The van der Waals surface area contributed by atoms with Gasteiger partial charge in [0.25, 0.3) is 5.91 Å². The predicted octanol–water partition coefficient (Wildman–Crippen LogP) is 3.51. The summed E-state index contributed by atoms with van der Waals surface area (Å²) in [4.78, 5) is 17.8. The Morgan fingerprint density at radius 1 is 1.52 bits per heavy atom. The number of ether oxygens (including phenoxy) is 1. The van der Waals surface area contributed by atoms with Crippen LogP contribution in [0.25, 0.3) is 0 Å². The molecule has 2 rings (SSSR count). The van der Waals surface area contributed by atoms with Crippen molar-refractivity contribution in [3.8, 4) is 5.75 Å². The Morgan fingerprint density at radius 3 is 2.81 bits per heavy atom. The van der Waals surface area contributed by atoms with Crippen molar-refractivity contribution in [3.05, 3.63) is 33.3 Å². The van der Waals surface area contributed by atoms with Crippen molar-refractivity contribution < 1.29 is 9.53 Å². The van der Waals surface area contributed by atoms with Gasteiger partial charge >= 0.3 is 0 Å². The number of benzene rings is 1. The highest BCUT2D eigenvalue weighted by molar-refractivity contribution is 7.15. The second-order valence-corrected chi connectivity index (χ2v) is 6.01. The van der Waals surface area contributed by atoms with Crippen molar-refractivity contribution in [1.29, 1.82) is 0 Å². The maximum Gasteiger partial charge on any atom is 0.261 e. The van der Waals surface area contributed by atoms with Gasteiger partial charge in [-0.3, -0.25) is 10.1 Å². The van der Waals surface area contributed by atoms with Crippen LogP contribution in [0, 0.1) is 6.92 Å². The minimum atomic E-state index is -0.329. The van der Waals surface area contributed by atoms with Gasteiger partial charge in [0, 0.05) is 10.9 Å². The zero-order chi connectivity index (χ0) is 15.6. The van der Waals surface area contributed by atoms with Crippen LogP contribution < -0.4 is 15.8 Å². The zero-order valence-electron chi connectivity index (χ0n) is 12.0. The topological polar surface area (TPSA) is 77.2 Å². The van der Waals surface area contributed by atoms with Gasteiger partial charge in [-0.2, -0.15) is 0 Å². The monoisotopic (exact) mass is 325 g/mol. The second-order valence-electron chi connectivity index (χ2n) is 4.40. The number of carbonyl (C=O) groups is 1. The number of aryl methyl sites for hydroxylation is 2. The van der Waals surface area contributed by atoms with Gasteiger partial charge in [-0.15, -0.1) is 11.3 Å². The Bertz CT molecular complexity index is 685. The van der Waals surface area contributed by atoms with Crippen molar-refractivity contribution in [2.75, 3.05) is 18.2 Å². The molecular weight excluding hydrogens is 310 g/mol. The molecule has 5 nitrogen and oxygen atoms in total. The maximum absolute atomic E-state index is 12.3. The normalized spacial score (nSPS) is 10.5. The first-order valence-corrected chi connectivity index (χ1v) is 7.56. The van der Waals surface area contributed by atoms with E-state index in [9.17, 15) is 4.79 Å². The van der Waals surface area contributed by atoms with Crippen molar-refractivity contribution in [3.63, 3.8) is 0 Å². The molecule has 1 aromatic carbocycles. The number of methoxy groups -OCH3 is 1. The van der Waals surface area contributed by atoms with E-state index in [4.69, 9.17) is 22.1 Å². The number of nitrogens with one attached hydrogen (secondary N) is 1. The van der Waals surface area contributed by atoms with Crippen molar-refractivity contribution >= 4 is 39.7 Å². The number of halogens is 1. The number of aromatic nitrogens is 1. The fraction of sp³-hybridized carbons (Fsp3) is 0.286. The average molecular weight is 326 g/mol. The van der Waals surface area contributed by atoms with Crippen LogP contribution in [0.15, 0.2) is 12.1 Å². The molecule has 0 spiro atoms. The Morgan fingerprint density at radius 2 is 2.24 bits per heavy atom. The van der Waals surface area contributed by atoms with Crippen LogP contribution in [0.5, 0.6) is 5.75 Å². The summed E-state index contributed by atoms with van der Waals surface area (Å²) in [6.45, 7) is 4.00. The van der Waals surface area contributed by atoms with Crippen LogP contribution in [-0.4, -0.2) is 18.0 Å². The number of thiazole rings is 1. The van der Waals surface area contributed by atoms with Crippen molar-refractivity contribution in [2.24, 2.45) is 0 Å². The molecule has 7 heteroatoms. The Balaban J connectivity index is 2.29. The molecule has 112 valence electrons. The molecular formula is C14H16ClN3O2S. The van der Waals surface area contributed by atoms with Gasteiger partial charge in [-0.05, 0) is 19.4 Å². The van der Waals surface area contributed by atoms with E-state index in [2.05, 4.69) is 10.3 Å². The number of nitrogen functional groups attached to an aromatic ring is 1. The van der Waals surface area contributed by atoms with E-state index in [1.165, 1.54) is 30.6 Å². The molecule has 0 unspecified atom stereocenters. The van der Waals surface area contributed by atoms with Gasteiger partial charge in [0.15, 0.2) is 5.13 Å². The standard InChI is InChI=1S/C14H16ClN3O2S/c1-4-11-7(2)21-14(17-11)18-13(19)8-5-9(15)10(16)6-12(8)20-3/h5-6H,4,16H2,1-3H3,(H,17,18,19). The highest BCUT2D eigenvalue weighted by Crippen LogP contribution is 2.30. The number of nitrogens with two attached hydrogens (primary N) is 1. The van der Waals surface area contributed by atoms with Gasteiger partial charge < -0.3 is 10.5 Å². The van der Waals surface area contributed by atoms with E-state index < -0.39 is 0 Å². The lowest BCUT2D eigenvalue weighted by Gasteiger charge is -2.10. The van der Waals surface area contributed by atoms with Gasteiger partial charge in [-0.1, -0.05) is 18.5 Å². The third-order valence-electron chi connectivity index (χ3n) is 3.01. The molecule has 0 saturated heterocycles. The summed E-state index contributed by atoms with van der Waals surface area (Å²) in [5.74, 6) is 0.0450. The zero-order valence-corrected chi connectivity index (χ0v) is 13.6. The quantitative estimate of drug-likeness (QED) is 0.843. The molecule has 1 heterocycles. The Hall–Kier alpha value is -1.79. The molecule has 21 heavy (non-hydrogen) atoms. The van der Waals surface area contributed by atoms with Crippen LogP contribution in [0.3, 0.4) is 0 Å². The van der Waals surface area contributed by atoms with Gasteiger partial charge in [-0.25, -0.2) is 4.98 Å². The number of rotatable bonds is 4. The smallest absolute Gasteiger partial charge is 0.261 e. The van der Waals surface area contributed by atoms with Gasteiger partial charge in [0.2, 0.25) is 0 Å². The third kappa shape index (κ3) is 3.28. The largest absolute Gasteiger partial charge is 0.496 e. The molecule has 0 fully saturated rings. The molecule has 3 N–H and O–H groups in total. The second kappa shape index (κ2) is 6.32. The molecule has 0 aliphatic rings. The Labute approximate surface area is 132 Å². The first-order chi connectivity index (χ1) is 9.96. The van der Waals surface area contributed by atoms with E-state index in [1.807, 2.05) is 13.8 Å². The van der Waals surface area contributed by atoms with Crippen LogP contribution in [0.1, 0.15) is 27.9 Å². The summed E-state index contributed by atoms with van der Waals surface area (Å²) in [5, 5.41) is 3.63. The van der Waals surface area contributed by atoms with E-state index in [0.717, 1.165) is 17.0 Å². The highest BCUT2D eigenvalue weighted by Gasteiger charge is 2.17. The summed E-state index contributed by atoms with van der Waals surface area (Å²) in [5.41, 5.74) is 7.38.